The van der Waals surface area contributed by atoms with Crippen molar-refractivity contribution in [3.05, 3.63) is 36.2 Å². The average Bonchev–Trinajstić information content (AvgIpc) is 3.23. The van der Waals surface area contributed by atoms with Gasteiger partial charge >= 0.3 is 5.97 Å². The fourth-order valence-electron chi connectivity index (χ4n) is 6.23. The van der Waals surface area contributed by atoms with Gasteiger partial charge in [-0.25, -0.2) is 4.79 Å². The molecular formula is C22H27NO6. The summed E-state index contributed by atoms with van der Waals surface area (Å²) in [4.78, 5) is 27.4. The number of nitrogens with zero attached hydrogens (tertiary/aromatic N) is 1. The Bertz CT molecular complexity index is 763. The van der Waals surface area contributed by atoms with Crippen molar-refractivity contribution < 1.29 is 28.2 Å². The van der Waals surface area contributed by atoms with E-state index in [1.807, 2.05) is 17.0 Å². The lowest BCUT2D eigenvalue weighted by atomic mass is 9.52. The third-order valence-corrected chi connectivity index (χ3v) is 6.95. The molecule has 4 aliphatic carbocycles. The van der Waals surface area contributed by atoms with Crippen molar-refractivity contribution in [1.82, 2.24) is 4.90 Å². The standard InChI is InChI=1S/C22H27NO6/c24-20(14-29-21(25)19-13-26-4-5-28-19)23(12-18-2-1-3-27-18)22-9-15-6-16(10-22)8-17(7-15)11-22/h1-3,13,15-17H,4-12,14H2. The van der Waals surface area contributed by atoms with Gasteiger partial charge in [-0.2, -0.15) is 0 Å². The van der Waals surface area contributed by atoms with Gasteiger partial charge in [0.15, 0.2) is 6.61 Å². The summed E-state index contributed by atoms with van der Waals surface area (Å²) in [5.41, 5.74) is -0.144. The van der Waals surface area contributed by atoms with Crippen LogP contribution in [0.1, 0.15) is 44.3 Å². The first-order valence-corrected chi connectivity index (χ1v) is 10.6. The molecule has 4 fully saturated rings. The molecule has 0 radical (unpaired) electrons. The highest BCUT2D eigenvalue weighted by atomic mass is 16.6. The monoisotopic (exact) mass is 401 g/mol. The van der Waals surface area contributed by atoms with Gasteiger partial charge in [-0.1, -0.05) is 0 Å². The molecular weight excluding hydrogens is 374 g/mol. The van der Waals surface area contributed by atoms with Crippen LogP contribution < -0.4 is 0 Å². The van der Waals surface area contributed by atoms with Gasteiger partial charge in [0.25, 0.3) is 5.91 Å². The molecule has 2 heterocycles. The van der Waals surface area contributed by atoms with Gasteiger partial charge in [0.05, 0.1) is 12.8 Å². The van der Waals surface area contributed by atoms with Crippen molar-refractivity contribution in [3.8, 4) is 0 Å². The van der Waals surface area contributed by atoms with Gasteiger partial charge < -0.3 is 23.5 Å². The Morgan fingerprint density at radius 2 is 1.83 bits per heavy atom. The largest absolute Gasteiger partial charge is 0.493 e. The number of amides is 1. The van der Waals surface area contributed by atoms with E-state index in [1.54, 1.807) is 6.26 Å². The van der Waals surface area contributed by atoms with Crippen molar-refractivity contribution in [2.75, 3.05) is 19.8 Å². The summed E-state index contributed by atoms with van der Waals surface area (Å²) in [6.07, 6.45) is 9.89. The van der Waals surface area contributed by atoms with E-state index >= 15 is 0 Å². The van der Waals surface area contributed by atoms with Crippen molar-refractivity contribution in [3.63, 3.8) is 0 Å². The Morgan fingerprint density at radius 1 is 1.10 bits per heavy atom. The molecule has 0 atom stereocenters. The minimum atomic E-state index is -0.665. The van der Waals surface area contributed by atoms with Crippen LogP contribution in [0.4, 0.5) is 0 Å². The molecule has 0 aromatic carbocycles. The second-order valence-corrected chi connectivity index (χ2v) is 8.98. The quantitative estimate of drug-likeness (QED) is 0.682. The second-order valence-electron chi connectivity index (χ2n) is 8.98. The summed E-state index contributed by atoms with van der Waals surface area (Å²) in [7, 11) is 0. The summed E-state index contributed by atoms with van der Waals surface area (Å²) >= 11 is 0. The maximum absolute atomic E-state index is 13.3. The minimum Gasteiger partial charge on any atom is -0.493 e. The van der Waals surface area contributed by atoms with E-state index in [4.69, 9.17) is 18.6 Å². The van der Waals surface area contributed by atoms with E-state index in [0.29, 0.717) is 37.5 Å². The zero-order valence-electron chi connectivity index (χ0n) is 16.5. The Hall–Kier alpha value is -2.44. The number of rotatable bonds is 6. The summed E-state index contributed by atoms with van der Waals surface area (Å²) in [6, 6.07) is 3.73. The Kier molecular flexibility index (Phi) is 4.76. The predicted octanol–water partition coefficient (Wildman–Crippen LogP) is 3.01. The molecule has 0 spiro atoms. The Labute approximate surface area is 170 Å². The lowest BCUT2D eigenvalue weighted by Crippen LogP contribution is -2.61. The molecule has 156 valence electrons. The summed E-state index contributed by atoms with van der Waals surface area (Å²) in [6.45, 7) is 0.811. The van der Waals surface area contributed by atoms with Gasteiger partial charge in [-0.3, -0.25) is 4.79 Å². The van der Waals surface area contributed by atoms with E-state index < -0.39 is 5.97 Å². The van der Waals surface area contributed by atoms with Crippen molar-refractivity contribution in [1.29, 1.82) is 0 Å². The fraction of sp³-hybridized carbons (Fsp3) is 0.636. The number of ether oxygens (including phenoxy) is 3. The molecule has 4 saturated carbocycles. The van der Waals surface area contributed by atoms with E-state index in [2.05, 4.69) is 0 Å². The minimum absolute atomic E-state index is 0.0106. The zero-order chi connectivity index (χ0) is 19.8. The second kappa shape index (κ2) is 7.43. The molecule has 7 heteroatoms. The number of hydrogen-bond acceptors (Lipinski definition) is 6. The number of carbonyl (C=O) groups excluding carboxylic acids is 2. The van der Waals surface area contributed by atoms with Crippen LogP contribution in [0, 0.1) is 17.8 Å². The third-order valence-electron chi connectivity index (χ3n) is 6.95. The van der Waals surface area contributed by atoms with Crippen LogP contribution in [0.5, 0.6) is 0 Å². The predicted molar refractivity (Wildman–Crippen MR) is 101 cm³/mol. The molecule has 6 rings (SSSR count). The number of esters is 1. The molecule has 1 aromatic heterocycles. The number of hydrogen-bond donors (Lipinski definition) is 0. The summed E-state index contributed by atoms with van der Waals surface area (Å²) < 4.78 is 21.2. The topological polar surface area (TPSA) is 78.2 Å². The van der Waals surface area contributed by atoms with E-state index in [9.17, 15) is 9.59 Å². The summed E-state index contributed by atoms with van der Waals surface area (Å²) in [5, 5.41) is 0. The average molecular weight is 401 g/mol. The molecule has 1 aromatic rings. The molecule has 4 bridgehead atoms. The molecule has 0 saturated heterocycles. The lowest BCUT2D eigenvalue weighted by Gasteiger charge is -2.60. The van der Waals surface area contributed by atoms with Crippen molar-refractivity contribution >= 4 is 11.9 Å². The van der Waals surface area contributed by atoms with Crippen LogP contribution in [0.3, 0.4) is 0 Å². The van der Waals surface area contributed by atoms with Crippen LogP contribution >= 0.6 is 0 Å². The van der Waals surface area contributed by atoms with Gasteiger partial charge in [0.1, 0.15) is 25.2 Å². The normalized spacial score (nSPS) is 32.1. The smallest absolute Gasteiger partial charge is 0.377 e. The lowest BCUT2D eigenvalue weighted by molar-refractivity contribution is -0.164. The highest BCUT2D eigenvalue weighted by molar-refractivity contribution is 5.88. The Morgan fingerprint density at radius 3 is 2.41 bits per heavy atom. The van der Waals surface area contributed by atoms with Gasteiger partial charge in [-0.05, 0) is 68.4 Å². The molecule has 5 aliphatic rings. The van der Waals surface area contributed by atoms with Crippen LogP contribution in [0.15, 0.2) is 34.8 Å². The van der Waals surface area contributed by atoms with Crippen molar-refractivity contribution in [2.24, 2.45) is 17.8 Å². The SMILES string of the molecule is O=C(OCC(=O)N(Cc1ccco1)C12CC3CC(CC(C3)C1)C2)C1=COCCO1. The number of carbonyl (C=O) groups is 2. The van der Waals surface area contributed by atoms with E-state index in [-0.39, 0.29) is 23.8 Å². The molecule has 1 amide bonds. The molecule has 0 N–H and O–H groups in total. The van der Waals surface area contributed by atoms with E-state index in [0.717, 1.165) is 25.0 Å². The maximum atomic E-state index is 13.3. The first-order valence-electron chi connectivity index (χ1n) is 10.6. The highest BCUT2D eigenvalue weighted by Gasteiger charge is 2.54. The third kappa shape index (κ3) is 3.63. The van der Waals surface area contributed by atoms with E-state index in [1.165, 1.54) is 25.5 Å². The van der Waals surface area contributed by atoms with Crippen LogP contribution in [0.25, 0.3) is 0 Å². The zero-order valence-corrected chi connectivity index (χ0v) is 16.5. The van der Waals surface area contributed by atoms with Crippen molar-refractivity contribution in [2.45, 2.75) is 50.6 Å². The first-order chi connectivity index (χ1) is 14.1. The van der Waals surface area contributed by atoms with Gasteiger partial charge in [-0.15, -0.1) is 0 Å². The first kappa shape index (κ1) is 18.6. The molecule has 1 aliphatic heterocycles. The molecule has 7 nitrogen and oxygen atoms in total. The summed E-state index contributed by atoms with van der Waals surface area (Å²) in [5.74, 6) is 2.04. The highest BCUT2D eigenvalue weighted by Crippen LogP contribution is 2.58. The Balaban J connectivity index is 1.33. The van der Waals surface area contributed by atoms with Crippen LogP contribution in [-0.4, -0.2) is 42.1 Å². The molecule has 29 heavy (non-hydrogen) atoms. The molecule has 0 unspecified atom stereocenters. The number of furan rings is 1. The van der Waals surface area contributed by atoms with Crippen LogP contribution in [-0.2, 0) is 30.3 Å². The van der Waals surface area contributed by atoms with Gasteiger partial charge in [0, 0.05) is 5.54 Å². The maximum Gasteiger partial charge on any atom is 0.377 e. The van der Waals surface area contributed by atoms with Crippen LogP contribution in [0.2, 0.25) is 0 Å². The van der Waals surface area contributed by atoms with Gasteiger partial charge in [0.2, 0.25) is 5.76 Å². The fourth-order valence-corrected chi connectivity index (χ4v) is 6.23.